The van der Waals surface area contributed by atoms with E-state index in [1.165, 1.54) is 0 Å². The minimum atomic E-state index is -0.534. The molecule has 1 rings (SSSR count). The van der Waals surface area contributed by atoms with E-state index < -0.39 is 5.54 Å². The number of carbonyl (C=O) groups excluding carboxylic acids is 1. The first-order chi connectivity index (χ1) is 6.64. The maximum Gasteiger partial charge on any atom is 0.237 e. The van der Waals surface area contributed by atoms with Crippen LogP contribution < -0.4 is 11.1 Å². The van der Waals surface area contributed by atoms with E-state index in [1.54, 1.807) is 7.11 Å². The van der Waals surface area contributed by atoms with Crippen molar-refractivity contribution >= 4 is 5.91 Å². The van der Waals surface area contributed by atoms with Gasteiger partial charge >= 0.3 is 0 Å². The summed E-state index contributed by atoms with van der Waals surface area (Å²) < 4.78 is 5.30. The third kappa shape index (κ3) is 2.25. The van der Waals surface area contributed by atoms with E-state index in [0.29, 0.717) is 6.42 Å². The molecule has 1 saturated carbocycles. The molecule has 3 N–H and O–H groups in total. The SMILES string of the molecule is CCNC1(C(N)=O)CCCC(OC)C1. The molecule has 0 radical (unpaired) electrons. The van der Waals surface area contributed by atoms with Crippen LogP contribution in [0, 0.1) is 0 Å². The number of hydrogen-bond donors (Lipinski definition) is 2. The van der Waals surface area contributed by atoms with Gasteiger partial charge in [0.15, 0.2) is 0 Å². The zero-order valence-electron chi connectivity index (χ0n) is 9.01. The summed E-state index contributed by atoms with van der Waals surface area (Å²) in [4.78, 5) is 11.4. The fourth-order valence-corrected chi connectivity index (χ4v) is 2.24. The first-order valence-electron chi connectivity index (χ1n) is 5.22. The Morgan fingerprint density at radius 1 is 1.71 bits per heavy atom. The quantitative estimate of drug-likeness (QED) is 0.691. The number of primary amides is 1. The van der Waals surface area contributed by atoms with Gasteiger partial charge < -0.3 is 15.8 Å². The van der Waals surface area contributed by atoms with Crippen molar-refractivity contribution < 1.29 is 9.53 Å². The lowest BCUT2D eigenvalue weighted by Crippen LogP contribution is -2.58. The molecule has 4 heteroatoms. The van der Waals surface area contributed by atoms with Crippen LogP contribution in [-0.2, 0) is 9.53 Å². The summed E-state index contributed by atoms with van der Waals surface area (Å²) in [5.41, 5.74) is 4.91. The van der Waals surface area contributed by atoms with Gasteiger partial charge in [-0.3, -0.25) is 4.79 Å². The molecular formula is C10H20N2O2. The lowest BCUT2D eigenvalue weighted by Gasteiger charge is -2.38. The molecule has 1 amide bonds. The van der Waals surface area contributed by atoms with Crippen molar-refractivity contribution in [2.24, 2.45) is 5.73 Å². The third-order valence-electron chi connectivity index (χ3n) is 3.03. The van der Waals surface area contributed by atoms with Gasteiger partial charge in [-0.2, -0.15) is 0 Å². The topological polar surface area (TPSA) is 64.3 Å². The van der Waals surface area contributed by atoms with E-state index in [-0.39, 0.29) is 12.0 Å². The lowest BCUT2D eigenvalue weighted by molar-refractivity contribution is -0.127. The summed E-state index contributed by atoms with van der Waals surface area (Å²) in [6.07, 6.45) is 3.71. The average Bonchev–Trinajstić information content (AvgIpc) is 2.18. The van der Waals surface area contributed by atoms with Crippen LogP contribution in [0.15, 0.2) is 0 Å². The maximum atomic E-state index is 11.4. The van der Waals surface area contributed by atoms with Gasteiger partial charge in [0.1, 0.15) is 5.54 Å². The van der Waals surface area contributed by atoms with Crippen molar-refractivity contribution in [3.8, 4) is 0 Å². The summed E-state index contributed by atoms with van der Waals surface area (Å²) in [5.74, 6) is -0.249. The van der Waals surface area contributed by atoms with E-state index in [2.05, 4.69) is 5.32 Å². The zero-order chi connectivity index (χ0) is 10.6. The number of nitrogens with one attached hydrogen (secondary N) is 1. The average molecular weight is 200 g/mol. The predicted octanol–water partition coefficient (Wildman–Crippen LogP) is 0.409. The molecule has 0 aromatic carbocycles. The molecule has 1 fully saturated rings. The van der Waals surface area contributed by atoms with Gasteiger partial charge in [-0.25, -0.2) is 0 Å². The molecule has 0 spiro atoms. The highest BCUT2D eigenvalue weighted by Gasteiger charge is 2.40. The van der Waals surface area contributed by atoms with Crippen molar-refractivity contribution in [3.63, 3.8) is 0 Å². The van der Waals surface area contributed by atoms with Gasteiger partial charge in [0.25, 0.3) is 0 Å². The Bertz CT molecular complexity index is 204. The molecule has 0 aromatic rings. The van der Waals surface area contributed by atoms with Gasteiger partial charge in [-0.05, 0) is 25.8 Å². The summed E-state index contributed by atoms with van der Waals surface area (Å²) in [6.45, 7) is 2.75. The minimum Gasteiger partial charge on any atom is -0.381 e. The van der Waals surface area contributed by atoms with Crippen molar-refractivity contribution in [3.05, 3.63) is 0 Å². The van der Waals surface area contributed by atoms with Crippen LogP contribution in [0.5, 0.6) is 0 Å². The van der Waals surface area contributed by atoms with Crippen molar-refractivity contribution in [2.45, 2.75) is 44.2 Å². The first-order valence-corrected chi connectivity index (χ1v) is 5.22. The first kappa shape index (κ1) is 11.5. The smallest absolute Gasteiger partial charge is 0.237 e. The molecule has 0 bridgehead atoms. The van der Waals surface area contributed by atoms with E-state index in [4.69, 9.17) is 10.5 Å². The minimum absolute atomic E-state index is 0.162. The molecule has 2 unspecified atom stereocenters. The molecule has 1 aliphatic rings. The van der Waals surface area contributed by atoms with Crippen LogP contribution in [0.1, 0.15) is 32.6 Å². The lowest BCUT2D eigenvalue weighted by atomic mass is 9.79. The largest absolute Gasteiger partial charge is 0.381 e. The number of likely N-dealkylation sites (N-methyl/N-ethyl adjacent to an activating group) is 1. The van der Waals surface area contributed by atoms with Crippen molar-refractivity contribution in [2.75, 3.05) is 13.7 Å². The summed E-state index contributed by atoms with van der Waals surface area (Å²) in [7, 11) is 1.69. The van der Waals surface area contributed by atoms with Gasteiger partial charge in [0.05, 0.1) is 6.10 Å². The van der Waals surface area contributed by atoms with Crippen molar-refractivity contribution in [1.29, 1.82) is 0 Å². The van der Waals surface area contributed by atoms with Crippen LogP contribution in [0.3, 0.4) is 0 Å². The summed E-state index contributed by atoms with van der Waals surface area (Å²) in [5, 5.41) is 3.21. The molecular weight excluding hydrogens is 180 g/mol. The predicted molar refractivity (Wildman–Crippen MR) is 54.9 cm³/mol. The second kappa shape index (κ2) is 4.75. The molecule has 14 heavy (non-hydrogen) atoms. The maximum absolute atomic E-state index is 11.4. The highest BCUT2D eigenvalue weighted by atomic mass is 16.5. The Morgan fingerprint density at radius 3 is 2.93 bits per heavy atom. The molecule has 0 aromatic heterocycles. The fraction of sp³-hybridized carbons (Fsp3) is 0.900. The van der Waals surface area contributed by atoms with Gasteiger partial charge in [0.2, 0.25) is 5.91 Å². The summed E-state index contributed by atoms with van der Waals surface area (Å²) in [6, 6.07) is 0. The standard InChI is InChI=1S/C10H20N2O2/c1-3-12-10(9(11)13)6-4-5-8(7-10)14-2/h8,12H,3-7H2,1-2H3,(H2,11,13). The molecule has 0 aliphatic heterocycles. The number of rotatable bonds is 4. The van der Waals surface area contributed by atoms with Crippen LogP contribution >= 0.6 is 0 Å². The van der Waals surface area contributed by atoms with Crippen LogP contribution in [0.4, 0.5) is 0 Å². The normalized spacial score (nSPS) is 32.9. The monoisotopic (exact) mass is 200 g/mol. The Labute approximate surface area is 85.2 Å². The van der Waals surface area contributed by atoms with Crippen LogP contribution in [0.25, 0.3) is 0 Å². The van der Waals surface area contributed by atoms with Crippen molar-refractivity contribution in [1.82, 2.24) is 5.32 Å². The van der Waals surface area contributed by atoms with E-state index in [0.717, 1.165) is 25.8 Å². The second-order valence-corrected chi connectivity index (χ2v) is 3.93. The summed E-state index contributed by atoms with van der Waals surface area (Å²) >= 11 is 0. The number of carbonyl (C=O) groups is 1. The van der Waals surface area contributed by atoms with E-state index in [1.807, 2.05) is 6.92 Å². The molecule has 1 aliphatic carbocycles. The Kier molecular flexibility index (Phi) is 3.89. The van der Waals surface area contributed by atoms with E-state index >= 15 is 0 Å². The number of ether oxygens (including phenoxy) is 1. The number of amides is 1. The molecule has 4 nitrogen and oxygen atoms in total. The molecule has 2 atom stereocenters. The molecule has 0 saturated heterocycles. The number of nitrogens with two attached hydrogens (primary N) is 1. The Balaban J connectivity index is 2.70. The Hall–Kier alpha value is -0.610. The van der Waals surface area contributed by atoms with Crippen LogP contribution in [-0.4, -0.2) is 31.2 Å². The van der Waals surface area contributed by atoms with E-state index in [9.17, 15) is 4.79 Å². The number of methoxy groups -OCH3 is 1. The van der Waals surface area contributed by atoms with Gasteiger partial charge in [-0.15, -0.1) is 0 Å². The number of hydrogen-bond acceptors (Lipinski definition) is 3. The van der Waals surface area contributed by atoms with Crippen LogP contribution in [0.2, 0.25) is 0 Å². The fourth-order valence-electron chi connectivity index (χ4n) is 2.24. The highest BCUT2D eigenvalue weighted by Crippen LogP contribution is 2.29. The zero-order valence-corrected chi connectivity index (χ0v) is 9.01. The molecule has 82 valence electrons. The van der Waals surface area contributed by atoms with Gasteiger partial charge in [0, 0.05) is 13.5 Å². The Morgan fingerprint density at radius 2 is 2.43 bits per heavy atom. The van der Waals surface area contributed by atoms with Gasteiger partial charge in [-0.1, -0.05) is 6.92 Å². The second-order valence-electron chi connectivity index (χ2n) is 3.93. The third-order valence-corrected chi connectivity index (χ3v) is 3.03. The molecule has 0 heterocycles. The highest BCUT2D eigenvalue weighted by molar-refractivity contribution is 5.84.